The smallest absolute Gasteiger partial charge is 0.225 e. The van der Waals surface area contributed by atoms with Crippen molar-refractivity contribution in [2.24, 2.45) is 0 Å². The fourth-order valence-corrected chi connectivity index (χ4v) is 2.09. The van der Waals surface area contributed by atoms with E-state index < -0.39 is 0 Å². The minimum Gasteiger partial charge on any atom is -0.368 e. The van der Waals surface area contributed by atoms with E-state index in [-0.39, 0.29) is 5.95 Å². The van der Waals surface area contributed by atoms with Crippen molar-refractivity contribution in [1.29, 1.82) is 0 Å². The van der Waals surface area contributed by atoms with Gasteiger partial charge < -0.3 is 5.73 Å². The molecule has 0 amide bonds. The Labute approximate surface area is 111 Å². The van der Waals surface area contributed by atoms with Gasteiger partial charge in [0.2, 0.25) is 10.7 Å². The Morgan fingerprint density at radius 1 is 1.19 bits per heavy atom. The molecule has 0 aliphatic carbocycles. The van der Waals surface area contributed by atoms with Gasteiger partial charge in [-0.25, -0.2) is 5.10 Å². The van der Waals surface area contributed by atoms with Gasteiger partial charge in [0.15, 0.2) is 0 Å². The Bertz CT molecular complexity index is 604. The topological polar surface area (TPSA) is 59.6 Å². The summed E-state index contributed by atoms with van der Waals surface area (Å²) < 4.78 is 1.80. The molecule has 0 aliphatic rings. The Balaban J connectivity index is 2.74. The number of hydrogen-bond acceptors (Lipinski definition) is 3. The van der Waals surface area contributed by atoms with Crippen LogP contribution in [0.5, 0.6) is 0 Å². The number of nitrogens with one attached hydrogen (secondary N) is 1. The molecule has 1 aromatic carbocycles. The minimum atomic E-state index is 0.199. The quantitative estimate of drug-likeness (QED) is 0.625. The molecule has 2 aromatic rings. The van der Waals surface area contributed by atoms with Gasteiger partial charge in [-0.3, -0.25) is 4.57 Å². The maximum Gasteiger partial charge on any atom is 0.225 e. The van der Waals surface area contributed by atoms with E-state index in [1.807, 2.05) is 0 Å². The van der Waals surface area contributed by atoms with Gasteiger partial charge >= 0.3 is 0 Å². The van der Waals surface area contributed by atoms with Gasteiger partial charge in [0.25, 0.3) is 0 Å². The number of aromatic nitrogens is 3. The highest BCUT2D eigenvalue weighted by Crippen LogP contribution is 2.31. The summed E-state index contributed by atoms with van der Waals surface area (Å²) in [6.45, 7) is 0. The molecule has 84 valence electrons. The molecule has 0 fully saturated rings. The van der Waals surface area contributed by atoms with Gasteiger partial charge in [0.05, 0.1) is 20.8 Å². The van der Waals surface area contributed by atoms with Crippen LogP contribution in [0, 0.1) is 4.77 Å². The summed E-state index contributed by atoms with van der Waals surface area (Å²) in [6, 6.07) is 3.10. The van der Waals surface area contributed by atoms with Gasteiger partial charge in [-0.05, 0) is 24.4 Å². The number of aromatic amines is 1. The molecule has 8 heteroatoms. The van der Waals surface area contributed by atoms with Crippen LogP contribution < -0.4 is 5.73 Å². The van der Waals surface area contributed by atoms with Crippen LogP contribution in [0.1, 0.15) is 0 Å². The summed E-state index contributed by atoms with van der Waals surface area (Å²) in [4.78, 5) is 0. The highest BCUT2D eigenvalue weighted by atomic mass is 35.5. The van der Waals surface area contributed by atoms with E-state index >= 15 is 0 Å². The molecule has 0 spiro atoms. The molecule has 3 N–H and O–H groups in total. The number of benzene rings is 1. The lowest BCUT2D eigenvalue weighted by Gasteiger charge is -2.07. The van der Waals surface area contributed by atoms with E-state index in [9.17, 15) is 0 Å². The van der Waals surface area contributed by atoms with Crippen LogP contribution in [0.2, 0.25) is 15.1 Å². The van der Waals surface area contributed by atoms with E-state index in [1.54, 1.807) is 6.07 Å². The van der Waals surface area contributed by atoms with Crippen LogP contribution in [0.15, 0.2) is 12.1 Å². The number of halogens is 3. The molecule has 16 heavy (non-hydrogen) atoms. The predicted molar refractivity (Wildman–Crippen MR) is 68.2 cm³/mol. The van der Waals surface area contributed by atoms with Crippen LogP contribution in [-0.4, -0.2) is 14.8 Å². The maximum absolute atomic E-state index is 6.03. The van der Waals surface area contributed by atoms with Crippen molar-refractivity contribution < 1.29 is 0 Å². The first-order chi connectivity index (χ1) is 7.50. The number of anilines is 1. The Morgan fingerprint density at radius 2 is 1.81 bits per heavy atom. The van der Waals surface area contributed by atoms with Gasteiger partial charge in [0, 0.05) is 0 Å². The van der Waals surface area contributed by atoms with Gasteiger partial charge in [-0.15, -0.1) is 5.10 Å². The van der Waals surface area contributed by atoms with E-state index in [0.29, 0.717) is 25.5 Å². The SMILES string of the molecule is Nc1n[nH]c(=S)n1-c1cc(Cl)c(Cl)cc1Cl. The third-order valence-electron chi connectivity index (χ3n) is 1.93. The summed E-state index contributed by atoms with van der Waals surface area (Å²) in [6.07, 6.45) is 0. The largest absolute Gasteiger partial charge is 0.368 e. The second kappa shape index (κ2) is 4.25. The molecule has 0 saturated carbocycles. The van der Waals surface area contributed by atoms with Crippen molar-refractivity contribution >= 4 is 53.0 Å². The molecule has 0 atom stereocenters. The molecule has 2 rings (SSSR count). The first-order valence-electron chi connectivity index (χ1n) is 4.08. The lowest BCUT2D eigenvalue weighted by atomic mass is 10.3. The van der Waals surface area contributed by atoms with Crippen molar-refractivity contribution in [1.82, 2.24) is 14.8 Å². The number of nitrogen functional groups attached to an aromatic ring is 1. The normalized spacial score (nSPS) is 10.7. The van der Waals surface area contributed by atoms with E-state index in [4.69, 9.17) is 52.8 Å². The molecular weight excluding hydrogens is 291 g/mol. The monoisotopic (exact) mass is 294 g/mol. The summed E-state index contributed by atoms with van der Waals surface area (Å²) in [5.41, 5.74) is 6.18. The lowest BCUT2D eigenvalue weighted by molar-refractivity contribution is 1.04. The molecule has 1 heterocycles. The zero-order chi connectivity index (χ0) is 11.9. The molecule has 0 saturated heterocycles. The lowest BCUT2D eigenvalue weighted by Crippen LogP contribution is -2.01. The standard InChI is InChI=1S/C8H5Cl3N4S/c9-3-1-5(11)6(2-4(3)10)15-7(12)13-14-8(15)16/h1-2H,(H2,12,13)(H,14,16). The van der Waals surface area contributed by atoms with E-state index in [0.717, 1.165) is 0 Å². The third kappa shape index (κ3) is 1.91. The van der Waals surface area contributed by atoms with Crippen molar-refractivity contribution in [3.63, 3.8) is 0 Å². The summed E-state index contributed by atoms with van der Waals surface area (Å²) in [7, 11) is 0. The van der Waals surface area contributed by atoms with Gasteiger partial charge in [0.1, 0.15) is 0 Å². The minimum absolute atomic E-state index is 0.199. The number of hydrogen-bond donors (Lipinski definition) is 2. The van der Waals surface area contributed by atoms with Crippen molar-refractivity contribution in [3.05, 3.63) is 32.0 Å². The van der Waals surface area contributed by atoms with Crippen LogP contribution in [-0.2, 0) is 0 Å². The number of nitrogens with two attached hydrogens (primary N) is 1. The summed E-state index contributed by atoms with van der Waals surface area (Å²) in [5, 5.41) is 7.44. The maximum atomic E-state index is 6.03. The first kappa shape index (κ1) is 11.7. The summed E-state index contributed by atoms with van der Waals surface area (Å²) in [5.74, 6) is 0.199. The molecule has 1 aromatic heterocycles. The molecule has 0 aliphatic heterocycles. The zero-order valence-corrected chi connectivity index (χ0v) is 10.8. The fourth-order valence-electron chi connectivity index (χ4n) is 1.23. The van der Waals surface area contributed by atoms with E-state index in [2.05, 4.69) is 10.2 Å². The average Bonchev–Trinajstić information content (AvgIpc) is 2.53. The average molecular weight is 296 g/mol. The van der Waals surface area contributed by atoms with Crippen molar-refractivity contribution in [2.45, 2.75) is 0 Å². The fraction of sp³-hybridized carbons (Fsp3) is 0. The van der Waals surface area contributed by atoms with Crippen LogP contribution >= 0.6 is 47.0 Å². The summed E-state index contributed by atoms with van der Waals surface area (Å²) >= 11 is 22.8. The van der Waals surface area contributed by atoms with Crippen molar-refractivity contribution in [3.8, 4) is 5.69 Å². The zero-order valence-electron chi connectivity index (χ0n) is 7.67. The third-order valence-corrected chi connectivity index (χ3v) is 3.23. The Morgan fingerprint density at radius 3 is 2.38 bits per heavy atom. The van der Waals surface area contributed by atoms with Crippen LogP contribution in [0.4, 0.5) is 5.95 Å². The Kier molecular flexibility index (Phi) is 3.12. The molecule has 0 unspecified atom stereocenters. The molecule has 4 nitrogen and oxygen atoms in total. The van der Waals surface area contributed by atoms with Gasteiger partial charge in [-0.2, -0.15) is 0 Å². The van der Waals surface area contributed by atoms with Gasteiger partial charge in [-0.1, -0.05) is 34.8 Å². The molecule has 0 radical (unpaired) electrons. The van der Waals surface area contributed by atoms with Crippen LogP contribution in [0.3, 0.4) is 0 Å². The highest BCUT2D eigenvalue weighted by Gasteiger charge is 2.11. The molecule has 0 bridgehead atoms. The van der Waals surface area contributed by atoms with Crippen molar-refractivity contribution in [2.75, 3.05) is 5.73 Å². The predicted octanol–water partition coefficient (Wildman–Crippen LogP) is 3.47. The molecular formula is C8H5Cl3N4S. The second-order valence-corrected chi connectivity index (χ2v) is 4.55. The van der Waals surface area contributed by atoms with Crippen LogP contribution in [0.25, 0.3) is 5.69 Å². The first-order valence-corrected chi connectivity index (χ1v) is 5.62. The van der Waals surface area contributed by atoms with E-state index in [1.165, 1.54) is 10.6 Å². The highest BCUT2D eigenvalue weighted by molar-refractivity contribution is 7.71. The Hall–Kier alpha value is -0.750. The number of H-pyrrole nitrogens is 1. The second-order valence-electron chi connectivity index (χ2n) is 2.94. The number of rotatable bonds is 1. The number of nitrogens with zero attached hydrogens (tertiary/aromatic N) is 2.